The second kappa shape index (κ2) is 20.4. The van der Waals surface area contributed by atoms with Crippen molar-refractivity contribution in [3.8, 4) is 22.5 Å². The Labute approximate surface area is 373 Å². The fourth-order valence-electron chi connectivity index (χ4n) is 7.93. The van der Waals surface area contributed by atoms with E-state index in [0.717, 1.165) is 0 Å². The first-order valence-electron chi connectivity index (χ1n) is 21.9. The predicted molar refractivity (Wildman–Crippen MR) is 238 cm³/mol. The maximum absolute atomic E-state index is 16.0. The van der Waals surface area contributed by atoms with Crippen molar-refractivity contribution in [3.63, 3.8) is 0 Å². The van der Waals surface area contributed by atoms with Gasteiger partial charge in [0.25, 0.3) is 5.91 Å². The van der Waals surface area contributed by atoms with Crippen molar-refractivity contribution in [2.24, 2.45) is 11.8 Å². The Balaban J connectivity index is 1.09. The van der Waals surface area contributed by atoms with E-state index in [1.54, 1.807) is 80.3 Å². The van der Waals surface area contributed by atoms with Gasteiger partial charge in [0.05, 0.1) is 0 Å². The Kier molecular flexibility index (Phi) is 15.0. The number of aryl methyl sites for hydroxylation is 1. The van der Waals surface area contributed by atoms with Gasteiger partial charge in [-0.1, -0.05) is 18.2 Å². The van der Waals surface area contributed by atoms with E-state index in [-0.39, 0.29) is 42.2 Å². The fourth-order valence-corrected chi connectivity index (χ4v) is 7.93. The third-order valence-corrected chi connectivity index (χ3v) is 11.3. The molecule has 0 radical (unpaired) electrons. The van der Waals surface area contributed by atoms with Crippen LogP contribution in [0.15, 0.2) is 60.7 Å². The molecule has 0 spiro atoms. The summed E-state index contributed by atoms with van der Waals surface area (Å²) in [5.74, 6) is -1.27. The number of nitrogens with zero attached hydrogens (tertiary/aromatic N) is 4. The van der Waals surface area contributed by atoms with Crippen LogP contribution in [-0.2, 0) is 25.5 Å². The molecule has 0 unspecified atom stereocenters. The number of carbonyl (C=O) groups excluding carboxylic acids is 5. The summed E-state index contributed by atoms with van der Waals surface area (Å²) in [5, 5.41) is 25.7. The summed E-state index contributed by atoms with van der Waals surface area (Å²) in [5.41, 5.74) is 2.55. The highest BCUT2D eigenvalue weighted by molar-refractivity contribution is 5.98. The lowest BCUT2D eigenvalue weighted by molar-refractivity contribution is -0.130. The molecule has 16 nitrogen and oxygen atoms in total. The molecule has 2 aliphatic rings. The Bertz CT molecular complexity index is 2270. The monoisotopic (exact) mass is 881 g/mol. The van der Waals surface area contributed by atoms with Gasteiger partial charge in [0.15, 0.2) is 0 Å². The smallest absolute Gasteiger partial charge is 0.410 e. The number of halogens is 1. The summed E-state index contributed by atoms with van der Waals surface area (Å²) in [6.07, 6.45) is 2.96. The molecular formula is C47H60FN9O7. The molecule has 5 N–H and O–H groups in total. The highest BCUT2D eigenvalue weighted by Crippen LogP contribution is 2.31. The van der Waals surface area contributed by atoms with Crippen molar-refractivity contribution in [2.75, 3.05) is 25.0 Å². The van der Waals surface area contributed by atoms with Crippen molar-refractivity contribution >= 4 is 35.6 Å². The quantitative estimate of drug-likeness (QED) is 0.0974. The maximum atomic E-state index is 16.0. The summed E-state index contributed by atoms with van der Waals surface area (Å²) in [6, 6.07) is 15.6. The van der Waals surface area contributed by atoms with Crippen LogP contribution in [0.4, 0.5) is 19.7 Å². The third-order valence-electron chi connectivity index (χ3n) is 11.3. The highest BCUT2D eigenvalue weighted by Gasteiger charge is 2.31. The number of aromatic nitrogens is 4. The number of benzene rings is 3. The number of H-pyrrole nitrogens is 1. The first-order valence-corrected chi connectivity index (χ1v) is 21.9. The molecule has 0 bridgehead atoms. The minimum atomic E-state index is -1.04. The summed E-state index contributed by atoms with van der Waals surface area (Å²) in [4.78, 5) is 67.2. The van der Waals surface area contributed by atoms with Crippen LogP contribution >= 0.6 is 0 Å². The minimum Gasteiger partial charge on any atom is -0.444 e. The SMILES string of the molecule is Cc1cc(C(=O)NC2CCN(C(=O)OC(C)(C)C)CC2)ccc1-c1ccc(C[C@H](NC(=O)C2CCC(CNC(=O)OC(C)(C)C)CC2)C(=O)Nc2ccc(-c3nn[nH]n3)cc2)cc1F. The van der Waals surface area contributed by atoms with E-state index in [0.29, 0.717) is 103 Å². The molecule has 1 aliphatic carbocycles. The summed E-state index contributed by atoms with van der Waals surface area (Å²) in [7, 11) is 0. The lowest BCUT2D eigenvalue weighted by Gasteiger charge is -2.33. The van der Waals surface area contributed by atoms with Crippen LogP contribution in [0.3, 0.4) is 0 Å². The van der Waals surface area contributed by atoms with Crippen molar-refractivity contribution in [1.82, 2.24) is 41.5 Å². The number of piperidine rings is 1. The van der Waals surface area contributed by atoms with Crippen LogP contribution in [0.1, 0.15) is 102 Å². The molecule has 1 aliphatic heterocycles. The number of anilines is 1. The number of carbonyl (C=O) groups is 5. The van der Waals surface area contributed by atoms with Crippen LogP contribution in [0.25, 0.3) is 22.5 Å². The molecule has 1 saturated heterocycles. The zero-order valence-corrected chi connectivity index (χ0v) is 37.7. The molecule has 2 heterocycles. The van der Waals surface area contributed by atoms with Crippen LogP contribution in [0.2, 0.25) is 0 Å². The second-order valence-corrected chi connectivity index (χ2v) is 18.7. The van der Waals surface area contributed by atoms with Gasteiger partial charge in [-0.15, -0.1) is 10.2 Å². The van der Waals surface area contributed by atoms with Gasteiger partial charge < -0.3 is 35.6 Å². The first kappa shape index (κ1) is 47.1. The number of tetrazole rings is 1. The molecule has 5 amide bonds. The third kappa shape index (κ3) is 13.3. The van der Waals surface area contributed by atoms with Crippen LogP contribution < -0.4 is 21.3 Å². The van der Waals surface area contributed by atoms with E-state index in [1.165, 1.54) is 6.07 Å². The zero-order valence-electron chi connectivity index (χ0n) is 37.7. The molecule has 342 valence electrons. The number of hydrogen-bond acceptors (Lipinski definition) is 10. The van der Waals surface area contributed by atoms with E-state index in [4.69, 9.17) is 9.47 Å². The molecule has 1 saturated carbocycles. The average Bonchev–Trinajstić information content (AvgIpc) is 3.78. The predicted octanol–water partition coefficient (Wildman–Crippen LogP) is 7.11. The Morgan fingerprint density at radius 2 is 1.52 bits per heavy atom. The van der Waals surface area contributed by atoms with Crippen molar-refractivity contribution in [2.45, 2.75) is 117 Å². The molecule has 6 rings (SSSR count). The van der Waals surface area contributed by atoms with E-state index in [9.17, 15) is 24.0 Å². The average molecular weight is 882 g/mol. The van der Waals surface area contributed by atoms with E-state index < -0.39 is 35.1 Å². The molecule has 4 aromatic rings. The van der Waals surface area contributed by atoms with E-state index >= 15 is 4.39 Å². The summed E-state index contributed by atoms with van der Waals surface area (Å²) < 4.78 is 26.9. The highest BCUT2D eigenvalue weighted by atomic mass is 19.1. The lowest BCUT2D eigenvalue weighted by Crippen LogP contribution is -2.48. The molecular weight excluding hydrogens is 822 g/mol. The Morgan fingerprint density at radius 3 is 2.12 bits per heavy atom. The van der Waals surface area contributed by atoms with Crippen LogP contribution in [-0.4, -0.2) is 98.4 Å². The topological polar surface area (TPSA) is 210 Å². The molecule has 64 heavy (non-hydrogen) atoms. The second-order valence-electron chi connectivity index (χ2n) is 18.7. The Morgan fingerprint density at radius 1 is 0.844 bits per heavy atom. The zero-order chi connectivity index (χ0) is 46.2. The van der Waals surface area contributed by atoms with Crippen LogP contribution in [0, 0.1) is 24.6 Å². The largest absolute Gasteiger partial charge is 0.444 e. The van der Waals surface area contributed by atoms with Crippen LogP contribution in [0.5, 0.6) is 0 Å². The number of ether oxygens (including phenoxy) is 2. The van der Waals surface area contributed by atoms with Gasteiger partial charge in [-0.25, -0.2) is 14.0 Å². The number of likely N-dealkylation sites (tertiary alicyclic amines) is 1. The summed E-state index contributed by atoms with van der Waals surface area (Å²) >= 11 is 0. The lowest BCUT2D eigenvalue weighted by atomic mass is 9.81. The molecule has 1 atom stereocenters. The Hall–Kier alpha value is -6.39. The summed E-state index contributed by atoms with van der Waals surface area (Å²) in [6.45, 7) is 14.1. The number of nitrogens with one attached hydrogen (secondary N) is 5. The number of amides is 5. The minimum absolute atomic E-state index is 0.0136. The number of rotatable bonds is 12. The van der Waals surface area contributed by atoms with Gasteiger partial charge in [0, 0.05) is 60.4 Å². The van der Waals surface area contributed by atoms with Crippen molar-refractivity contribution in [1.29, 1.82) is 0 Å². The van der Waals surface area contributed by atoms with E-state index in [2.05, 4.69) is 41.9 Å². The first-order chi connectivity index (χ1) is 30.3. The van der Waals surface area contributed by atoms with Gasteiger partial charge in [0.2, 0.25) is 17.6 Å². The van der Waals surface area contributed by atoms with Crippen molar-refractivity contribution < 1.29 is 37.8 Å². The van der Waals surface area contributed by atoms with E-state index in [1.807, 2.05) is 27.7 Å². The molecule has 2 fully saturated rings. The van der Waals surface area contributed by atoms with Gasteiger partial charge in [0.1, 0.15) is 23.1 Å². The molecule has 3 aromatic carbocycles. The number of alkyl carbamates (subject to hydrolysis) is 1. The maximum Gasteiger partial charge on any atom is 0.410 e. The van der Waals surface area contributed by atoms with Gasteiger partial charge in [-0.3, -0.25) is 14.4 Å². The van der Waals surface area contributed by atoms with Gasteiger partial charge >= 0.3 is 12.2 Å². The number of hydrogen-bond donors (Lipinski definition) is 5. The normalized spacial score (nSPS) is 17.5. The number of aromatic amines is 1. The molecule has 1 aromatic heterocycles. The fraction of sp³-hybridized carbons (Fsp3) is 0.489. The molecule has 17 heteroatoms. The van der Waals surface area contributed by atoms with Gasteiger partial charge in [-0.2, -0.15) is 5.21 Å². The van der Waals surface area contributed by atoms with Gasteiger partial charge in [-0.05, 0) is 157 Å². The van der Waals surface area contributed by atoms with Crippen molar-refractivity contribution in [3.05, 3.63) is 83.2 Å². The standard InChI is InChI=1S/C47H60FN9O7/c1-28-24-33(42(59)50-35-20-22-57(23-21-35)45(62)64-47(5,6)7)15-19-36(28)37-18-10-30(25-38(37)48)26-39(43(60)51-34-16-13-31(14-17-34)40-53-55-56-54-40)52-41(58)32-11-8-29(9-12-32)27-49-44(61)63-46(2,3)4/h10,13-19,24-25,29,32,35,39H,8-9,11-12,20-23,26-27H2,1-7H3,(H,49,61)(H,50,59)(H,51,60)(H,52,58)(H,53,54,55,56)/t29?,32?,39-/m0/s1.